The number of nitrogens with zero attached hydrogens (tertiary/aromatic N) is 4. The van der Waals surface area contributed by atoms with Crippen LogP contribution in [0.2, 0.25) is 0 Å². The number of benzene rings is 1. The molecule has 0 atom stereocenters. The minimum absolute atomic E-state index is 0.136. The smallest absolute Gasteiger partial charge is 0.233 e. The Morgan fingerprint density at radius 3 is 2.33 bits per heavy atom. The highest BCUT2D eigenvalue weighted by Crippen LogP contribution is 2.20. The van der Waals surface area contributed by atoms with E-state index in [1.807, 2.05) is 57.7 Å². The molecule has 0 radical (unpaired) electrons. The summed E-state index contributed by atoms with van der Waals surface area (Å²) in [6.45, 7) is 10.8. The molecule has 0 aliphatic rings. The number of hydrogen-bond donors (Lipinski definition) is 0. The fourth-order valence-electron chi connectivity index (χ4n) is 2.79. The van der Waals surface area contributed by atoms with Gasteiger partial charge in [0.25, 0.3) is 0 Å². The summed E-state index contributed by atoms with van der Waals surface area (Å²) >= 11 is 1.46. The van der Waals surface area contributed by atoms with E-state index in [0.717, 1.165) is 11.0 Å². The summed E-state index contributed by atoms with van der Waals surface area (Å²) in [4.78, 5) is 14.4. The van der Waals surface area contributed by atoms with E-state index in [0.29, 0.717) is 12.3 Å². The summed E-state index contributed by atoms with van der Waals surface area (Å²) in [7, 11) is 0. The average Bonchev–Trinajstić information content (AvgIpc) is 2.86. The van der Waals surface area contributed by atoms with Crippen LogP contribution in [0, 0.1) is 6.92 Å². The van der Waals surface area contributed by atoms with Crippen LogP contribution in [-0.4, -0.2) is 43.4 Å². The number of carbonyl (C=O) groups is 1. The van der Waals surface area contributed by atoms with Crippen molar-refractivity contribution >= 4 is 17.7 Å². The van der Waals surface area contributed by atoms with Gasteiger partial charge >= 0.3 is 0 Å². The van der Waals surface area contributed by atoms with E-state index < -0.39 is 0 Å². The third kappa shape index (κ3) is 4.60. The van der Waals surface area contributed by atoms with Gasteiger partial charge < -0.3 is 9.47 Å². The molecule has 0 bridgehead atoms. The maximum absolute atomic E-state index is 12.5. The van der Waals surface area contributed by atoms with E-state index in [1.54, 1.807) is 0 Å². The topological polar surface area (TPSA) is 51.0 Å². The Hall–Kier alpha value is -1.82. The first kappa shape index (κ1) is 18.5. The number of hydrogen-bond acceptors (Lipinski definition) is 4. The molecule has 130 valence electrons. The second-order valence-electron chi connectivity index (χ2n) is 6.38. The van der Waals surface area contributed by atoms with Crippen molar-refractivity contribution < 1.29 is 4.79 Å². The van der Waals surface area contributed by atoms with Gasteiger partial charge in [0, 0.05) is 12.1 Å². The predicted octanol–water partition coefficient (Wildman–Crippen LogP) is 3.37. The molecular formula is C18H26N4OS. The zero-order valence-corrected chi connectivity index (χ0v) is 15.9. The summed E-state index contributed by atoms with van der Waals surface area (Å²) in [6, 6.07) is 10.6. The van der Waals surface area contributed by atoms with Crippen molar-refractivity contribution in [1.29, 1.82) is 0 Å². The number of thioether (sulfide) groups is 1. The van der Waals surface area contributed by atoms with Crippen molar-refractivity contribution in [3.63, 3.8) is 0 Å². The lowest BCUT2D eigenvalue weighted by atomic mass is 10.2. The monoisotopic (exact) mass is 346 g/mol. The Morgan fingerprint density at radius 1 is 1.12 bits per heavy atom. The first-order chi connectivity index (χ1) is 11.4. The van der Waals surface area contributed by atoms with Crippen LogP contribution in [0.25, 0.3) is 0 Å². The van der Waals surface area contributed by atoms with Crippen molar-refractivity contribution in [1.82, 2.24) is 19.7 Å². The lowest BCUT2D eigenvalue weighted by Crippen LogP contribution is -2.43. The maximum Gasteiger partial charge on any atom is 0.233 e. The first-order valence-electron chi connectivity index (χ1n) is 8.27. The molecule has 1 aromatic heterocycles. The fraction of sp³-hybridized carbons (Fsp3) is 0.500. The quantitative estimate of drug-likeness (QED) is 0.721. The highest BCUT2D eigenvalue weighted by molar-refractivity contribution is 7.99. The van der Waals surface area contributed by atoms with Gasteiger partial charge in [-0.15, -0.1) is 10.2 Å². The van der Waals surface area contributed by atoms with Gasteiger partial charge in [-0.3, -0.25) is 4.79 Å². The Bertz CT molecular complexity index is 659. The van der Waals surface area contributed by atoms with Gasteiger partial charge in [-0.05, 0) is 40.2 Å². The van der Waals surface area contributed by atoms with Crippen LogP contribution in [0.5, 0.6) is 0 Å². The second kappa shape index (κ2) is 8.33. The highest BCUT2D eigenvalue weighted by Gasteiger charge is 2.21. The molecule has 1 heterocycles. The lowest BCUT2D eigenvalue weighted by Gasteiger charge is -2.30. The second-order valence-corrected chi connectivity index (χ2v) is 7.32. The molecular weight excluding hydrogens is 320 g/mol. The Kier molecular flexibility index (Phi) is 6.43. The van der Waals surface area contributed by atoms with Crippen molar-refractivity contribution in [3.8, 4) is 0 Å². The van der Waals surface area contributed by atoms with E-state index in [9.17, 15) is 4.79 Å². The van der Waals surface area contributed by atoms with Gasteiger partial charge in [0.2, 0.25) is 5.91 Å². The predicted molar refractivity (Wildman–Crippen MR) is 98.1 cm³/mol. The van der Waals surface area contributed by atoms with Crippen LogP contribution in [0.3, 0.4) is 0 Å². The zero-order valence-electron chi connectivity index (χ0n) is 15.1. The van der Waals surface area contributed by atoms with Crippen LogP contribution in [0.1, 0.15) is 39.1 Å². The van der Waals surface area contributed by atoms with Gasteiger partial charge in [-0.1, -0.05) is 42.1 Å². The molecule has 0 unspecified atom stereocenters. The zero-order chi connectivity index (χ0) is 17.7. The average molecular weight is 347 g/mol. The van der Waals surface area contributed by atoms with E-state index in [-0.39, 0.29) is 18.0 Å². The molecule has 6 heteroatoms. The third-order valence-electron chi connectivity index (χ3n) is 3.81. The summed E-state index contributed by atoms with van der Waals surface area (Å²) in [5, 5.41) is 9.20. The maximum atomic E-state index is 12.5. The van der Waals surface area contributed by atoms with E-state index in [4.69, 9.17) is 0 Å². The summed E-state index contributed by atoms with van der Waals surface area (Å²) in [6.07, 6.45) is 0. The molecule has 0 saturated heterocycles. The lowest BCUT2D eigenvalue weighted by molar-refractivity contribution is -0.131. The number of rotatable bonds is 7. The van der Waals surface area contributed by atoms with Crippen LogP contribution in [0.4, 0.5) is 0 Å². The molecule has 0 spiro atoms. The molecule has 2 rings (SSSR count). The standard InChI is InChI=1S/C18H26N4OS/c1-13(2)22(14(3)4)17(23)12-24-18-20-19-15(5)21(18)11-16-9-7-6-8-10-16/h6-10,13-14H,11-12H2,1-5H3. The van der Waals surface area contributed by atoms with Crippen molar-refractivity contribution in [2.24, 2.45) is 0 Å². The van der Waals surface area contributed by atoms with Crippen molar-refractivity contribution in [2.75, 3.05) is 5.75 Å². The SMILES string of the molecule is Cc1nnc(SCC(=O)N(C(C)C)C(C)C)n1Cc1ccccc1. The molecule has 2 aromatic rings. The molecule has 0 aliphatic heterocycles. The minimum atomic E-state index is 0.136. The van der Waals surface area contributed by atoms with Gasteiger partial charge in [0.05, 0.1) is 12.3 Å². The summed E-state index contributed by atoms with van der Waals surface area (Å²) in [5.41, 5.74) is 1.19. The fourth-order valence-corrected chi connectivity index (χ4v) is 3.64. The molecule has 24 heavy (non-hydrogen) atoms. The van der Waals surface area contributed by atoms with E-state index in [2.05, 4.69) is 26.9 Å². The van der Waals surface area contributed by atoms with Crippen molar-refractivity contribution in [3.05, 3.63) is 41.7 Å². The van der Waals surface area contributed by atoms with Gasteiger partial charge in [0.1, 0.15) is 5.82 Å². The van der Waals surface area contributed by atoms with Crippen LogP contribution in [0.15, 0.2) is 35.5 Å². The Morgan fingerprint density at radius 2 is 1.75 bits per heavy atom. The third-order valence-corrected chi connectivity index (χ3v) is 4.76. The number of aromatic nitrogens is 3. The number of aryl methyl sites for hydroxylation is 1. The van der Waals surface area contributed by atoms with Gasteiger partial charge in [-0.2, -0.15) is 0 Å². The molecule has 0 saturated carbocycles. The number of amides is 1. The first-order valence-corrected chi connectivity index (χ1v) is 9.26. The number of carbonyl (C=O) groups excluding carboxylic acids is 1. The van der Waals surface area contributed by atoms with Crippen LogP contribution in [-0.2, 0) is 11.3 Å². The molecule has 0 N–H and O–H groups in total. The normalized spacial score (nSPS) is 11.3. The van der Waals surface area contributed by atoms with Gasteiger partial charge in [0.15, 0.2) is 5.16 Å². The largest absolute Gasteiger partial charge is 0.337 e. The molecule has 5 nitrogen and oxygen atoms in total. The molecule has 1 amide bonds. The van der Waals surface area contributed by atoms with Crippen molar-refractivity contribution in [2.45, 2.75) is 58.4 Å². The van der Waals surface area contributed by atoms with Gasteiger partial charge in [-0.25, -0.2) is 0 Å². The molecule has 0 aliphatic carbocycles. The molecule has 1 aromatic carbocycles. The molecule has 0 fully saturated rings. The van der Waals surface area contributed by atoms with Crippen LogP contribution >= 0.6 is 11.8 Å². The Balaban J connectivity index is 2.07. The minimum Gasteiger partial charge on any atom is -0.337 e. The van der Waals surface area contributed by atoms with Crippen LogP contribution < -0.4 is 0 Å². The highest BCUT2D eigenvalue weighted by atomic mass is 32.2. The summed E-state index contributed by atoms with van der Waals surface area (Å²) < 4.78 is 2.06. The Labute approximate surface area is 148 Å². The summed E-state index contributed by atoms with van der Waals surface area (Å²) in [5.74, 6) is 1.37. The van der Waals surface area contributed by atoms with E-state index >= 15 is 0 Å². The van der Waals surface area contributed by atoms with E-state index in [1.165, 1.54) is 17.3 Å².